The zero-order chi connectivity index (χ0) is 10.6. The van der Waals surface area contributed by atoms with Gasteiger partial charge in [-0.25, -0.2) is 0 Å². The number of benzene rings is 1. The summed E-state index contributed by atoms with van der Waals surface area (Å²) in [6.07, 6.45) is 3.21. The summed E-state index contributed by atoms with van der Waals surface area (Å²) in [5, 5.41) is 9.34. The van der Waals surface area contributed by atoms with Gasteiger partial charge in [-0.15, -0.1) is 0 Å². The van der Waals surface area contributed by atoms with Crippen LogP contribution in [0.2, 0.25) is 0 Å². The van der Waals surface area contributed by atoms with E-state index in [9.17, 15) is 5.11 Å². The number of phenols is 1. The lowest BCUT2D eigenvalue weighted by atomic mass is 10.0. The lowest BCUT2D eigenvalue weighted by Gasteiger charge is -2.06. The summed E-state index contributed by atoms with van der Waals surface area (Å²) in [4.78, 5) is 0. The van der Waals surface area contributed by atoms with Crippen LogP contribution in [0.5, 0.6) is 5.75 Å². The second kappa shape index (κ2) is 5.01. The zero-order valence-electron chi connectivity index (χ0n) is 8.96. The van der Waals surface area contributed by atoms with Gasteiger partial charge in [0.25, 0.3) is 0 Å². The highest BCUT2D eigenvalue weighted by molar-refractivity contribution is 5.34. The molecule has 0 aliphatic rings. The second-order valence-electron chi connectivity index (χ2n) is 3.99. The zero-order valence-corrected chi connectivity index (χ0v) is 8.96. The average Bonchev–Trinajstić information content (AvgIpc) is 2.10. The minimum atomic E-state index is 0.285. The molecule has 14 heavy (non-hydrogen) atoms. The molecular formula is C12H19NO. The Morgan fingerprint density at radius 3 is 2.71 bits per heavy atom. The molecule has 0 heterocycles. The van der Waals surface area contributed by atoms with Crippen molar-refractivity contribution in [1.82, 2.24) is 0 Å². The molecular weight excluding hydrogens is 174 g/mol. The fourth-order valence-electron chi connectivity index (χ4n) is 1.50. The van der Waals surface area contributed by atoms with Crippen LogP contribution in [0, 0.1) is 6.92 Å². The molecule has 1 unspecified atom stereocenters. The van der Waals surface area contributed by atoms with Gasteiger partial charge >= 0.3 is 0 Å². The standard InChI is InChI=1S/C12H19NO/c1-9-8-11(6-7-12(9)14)5-3-4-10(2)13/h6-8,10,14H,3-5,13H2,1-2H3. The van der Waals surface area contributed by atoms with Crippen LogP contribution in [0.15, 0.2) is 18.2 Å². The number of phenolic OH excluding ortho intramolecular Hbond substituents is 1. The SMILES string of the molecule is Cc1cc(CCCC(C)N)ccc1O. The maximum Gasteiger partial charge on any atom is 0.118 e. The van der Waals surface area contributed by atoms with Crippen LogP contribution in [0.1, 0.15) is 30.9 Å². The Bertz CT molecular complexity index is 294. The fourth-order valence-corrected chi connectivity index (χ4v) is 1.50. The summed E-state index contributed by atoms with van der Waals surface area (Å²) >= 11 is 0. The average molecular weight is 193 g/mol. The van der Waals surface area contributed by atoms with E-state index in [-0.39, 0.29) is 6.04 Å². The van der Waals surface area contributed by atoms with Gasteiger partial charge in [0.2, 0.25) is 0 Å². The topological polar surface area (TPSA) is 46.2 Å². The Hall–Kier alpha value is -1.02. The largest absolute Gasteiger partial charge is 0.508 e. The molecule has 0 aliphatic carbocycles. The molecule has 3 N–H and O–H groups in total. The highest BCUT2D eigenvalue weighted by atomic mass is 16.3. The van der Waals surface area contributed by atoms with Crippen molar-refractivity contribution in [3.8, 4) is 5.75 Å². The van der Waals surface area contributed by atoms with E-state index in [1.807, 2.05) is 26.0 Å². The van der Waals surface area contributed by atoms with Crippen LogP contribution < -0.4 is 5.73 Å². The minimum absolute atomic E-state index is 0.285. The van der Waals surface area contributed by atoms with Crippen molar-refractivity contribution in [2.24, 2.45) is 5.73 Å². The number of hydrogen-bond donors (Lipinski definition) is 2. The van der Waals surface area contributed by atoms with Crippen molar-refractivity contribution < 1.29 is 5.11 Å². The monoisotopic (exact) mass is 193 g/mol. The Kier molecular flexibility index (Phi) is 3.96. The second-order valence-corrected chi connectivity index (χ2v) is 3.99. The first-order chi connectivity index (χ1) is 6.59. The van der Waals surface area contributed by atoms with E-state index >= 15 is 0 Å². The minimum Gasteiger partial charge on any atom is -0.508 e. The third-order valence-electron chi connectivity index (χ3n) is 2.39. The number of aryl methyl sites for hydroxylation is 2. The summed E-state index contributed by atoms with van der Waals surface area (Å²) < 4.78 is 0. The summed E-state index contributed by atoms with van der Waals surface area (Å²) in [6, 6.07) is 6.06. The molecule has 0 aliphatic heterocycles. The van der Waals surface area contributed by atoms with E-state index in [4.69, 9.17) is 5.73 Å². The van der Waals surface area contributed by atoms with Gasteiger partial charge in [-0.05, 0) is 50.3 Å². The summed E-state index contributed by atoms with van der Waals surface area (Å²) in [6.45, 7) is 3.95. The van der Waals surface area contributed by atoms with Gasteiger partial charge in [0, 0.05) is 6.04 Å². The lowest BCUT2D eigenvalue weighted by Crippen LogP contribution is -2.14. The molecule has 1 rings (SSSR count). The highest BCUT2D eigenvalue weighted by Gasteiger charge is 1.99. The van der Waals surface area contributed by atoms with Crippen molar-refractivity contribution in [2.75, 3.05) is 0 Å². The third kappa shape index (κ3) is 3.38. The van der Waals surface area contributed by atoms with Crippen LogP contribution in [0.4, 0.5) is 0 Å². The van der Waals surface area contributed by atoms with E-state index in [0.29, 0.717) is 5.75 Å². The number of hydrogen-bond acceptors (Lipinski definition) is 2. The first-order valence-electron chi connectivity index (χ1n) is 5.13. The summed E-state index contributed by atoms with van der Waals surface area (Å²) in [7, 11) is 0. The summed E-state index contributed by atoms with van der Waals surface area (Å²) in [5.74, 6) is 0.376. The normalized spacial score (nSPS) is 12.8. The molecule has 2 heteroatoms. The fraction of sp³-hybridized carbons (Fsp3) is 0.500. The maximum absolute atomic E-state index is 9.34. The van der Waals surface area contributed by atoms with Crippen LogP contribution >= 0.6 is 0 Å². The molecule has 0 radical (unpaired) electrons. The van der Waals surface area contributed by atoms with E-state index in [1.165, 1.54) is 5.56 Å². The van der Waals surface area contributed by atoms with Gasteiger partial charge in [0.1, 0.15) is 5.75 Å². The highest BCUT2D eigenvalue weighted by Crippen LogP contribution is 2.18. The Morgan fingerprint density at radius 2 is 2.14 bits per heavy atom. The van der Waals surface area contributed by atoms with Crippen molar-refractivity contribution in [1.29, 1.82) is 0 Å². The van der Waals surface area contributed by atoms with Gasteiger partial charge in [0.15, 0.2) is 0 Å². The molecule has 0 bridgehead atoms. The van der Waals surface area contributed by atoms with Crippen molar-refractivity contribution >= 4 is 0 Å². The van der Waals surface area contributed by atoms with Crippen LogP contribution in [-0.4, -0.2) is 11.1 Å². The number of rotatable bonds is 4. The maximum atomic E-state index is 9.34. The van der Waals surface area contributed by atoms with Gasteiger partial charge in [0.05, 0.1) is 0 Å². The molecule has 0 fully saturated rings. The predicted octanol–water partition coefficient (Wildman–Crippen LogP) is 2.37. The summed E-state index contributed by atoms with van der Waals surface area (Å²) in [5.41, 5.74) is 7.90. The molecule has 1 aromatic carbocycles. The van der Waals surface area contributed by atoms with E-state index in [1.54, 1.807) is 6.07 Å². The third-order valence-corrected chi connectivity index (χ3v) is 2.39. The molecule has 0 saturated carbocycles. The van der Waals surface area contributed by atoms with E-state index < -0.39 is 0 Å². The molecule has 0 spiro atoms. The Balaban J connectivity index is 2.47. The first-order valence-corrected chi connectivity index (χ1v) is 5.13. The first kappa shape index (κ1) is 11.1. The molecule has 1 aromatic rings. The van der Waals surface area contributed by atoms with Gasteiger partial charge in [-0.2, -0.15) is 0 Å². The molecule has 0 aromatic heterocycles. The van der Waals surface area contributed by atoms with Gasteiger partial charge in [-0.3, -0.25) is 0 Å². The van der Waals surface area contributed by atoms with Crippen LogP contribution in [0.25, 0.3) is 0 Å². The predicted molar refractivity (Wildman–Crippen MR) is 59.4 cm³/mol. The van der Waals surface area contributed by atoms with E-state index in [2.05, 4.69) is 0 Å². The molecule has 0 amide bonds. The van der Waals surface area contributed by atoms with E-state index in [0.717, 1.165) is 24.8 Å². The van der Waals surface area contributed by atoms with Crippen LogP contribution in [0.3, 0.4) is 0 Å². The van der Waals surface area contributed by atoms with Crippen molar-refractivity contribution in [3.63, 3.8) is 0 Å². The van der Waals surface area contributed by atoms with Gasteiger partial charge < -0.3 is 10.8 Å². The Morgan fingerprint density at radius 1 is 1.43 bits per heavy atom. The number of aromatic hydroxyl groups is 1. The van der Waals surface area contributed by atoms with Crippen molar-refractivity contribution in [3.05, 3.63) is 29.3 Å². The molecule has 2 nitrogen and oxygen atoms in total. The molecule has 78 valence electrons. The Labute approximate surface area is 85.8 Å². The smallest absolute Gasteiger partial charge is 0.118 e. The molecule has 1 atom stereocenters. The van der Waals surface area contributed by atoms with Crippen LogP contribution in [-0.2, 0) is 6.42 Å². The quantitative estimate of drug-likeness (QED) is 0.771. The van der Waals surface area contributed by atoms with Gasteiger partial charge in [-0.1, -0.05) is 12.1 Å². The lowest BCUT2D eigenvalue weighted by molar-refractivity contribution is 0.470. The van der Waals surface area contributed by atoms with Crippen molar-refractivity contribution in [2.45, 2.75) is 39.2 Å². The molecule has 0 saturated heterocycles. The number of nitrogens with two attached hydrogens (primary N) is 1.